The first-order valence-electron chi connectivity index (χ1n) is 13.3. The molecule has 0 bridgehead atoms. The minimum atomic E-state index is -4.07. The largest absolute Gasteiger partial charge is 0.494 e. The third kappa shape index (κ3) is 7.76. The molecule has 3 amide bonds. The van der Waals surface area contributed by atoms with Gasteiger partial charge in [-0.15, -0.1) is 0 Å². The van der Waals surface area contributed by atoms with Crippen LogP contribution in [-0.2, 0) is 19.6 Å². The summed E-state index contributed by atoms with van der Waals surface area (Å²) in [5.41, 5.74) is 3.18. The Hall–Kier alpha value is -5.27. The Bertz CT molecular complexity index is 1760. The Balaban J connectivity index is 1.57. The number of aliphatic carboxylic acids is 1. The van der Waals surface area contributed by atoms with Crippen LogP contribution in [0.25, 0.3) is 0 Å². The van der Waals surface area contributed by atoms with Gasteiger partial charge in [0.1, 0.15) is 10.6 Å². The van der Waals surface area contributed by atoms with Gasteiger partial charge in [-0.05, 0) is 60.5 Å². The molecule has 1 aromatic heterocycles. The molecule has 228 valence electrons. The highest BCUT2D eigenvalue weighted by Crippen LogP contribution is 2.34. The van der Waals surface area contributed by atoms with Gasteiger partial charge in [0.2, 0.25) is 15.9 Å². The van der Waals surface area contributed by atoms with Gasteiger partial charge in [-0.1, -0.05) is 30.3 Å². The quantitative estimate of drug-likeness (QED) is 0.178. The molecule has 0 fully saturated rings. The number of methoxy groups -OCH3 is 1. The first-order chi connectivity index (χ1) is 21.0. The van der Waals surface area contributed by atoms with Crippen LogP contribution >= 0.6 is 0 Å². The summed E-state index contributed by atoms with van der Waals surface area (Å²) in [6, 6.07) is 19.7. The molecule has 0 spiro atoms. The summed E-state index contributed by atoms with van der Waals surface area (Å²) in [5, 5.41) is 15.0. The molecule has 1 atom stereocenters. The molecule has 44 heavy (non-hydrogen) atoms. The summed E-state index contributed by atoms with van der Waals surface area (Å²) in [7, 11) is -2.63. The number of anilines is 4. The lowest BCUT2D eigenvalue weighted by Crippen LogP contribution is -2.30. The molecular weight excluding hydrogens is 586 g/mol. The van der Waals surface area contributed by atoms with E-state index in [1.807, 2.05) is 25.1 Å². The SMILES string of the molecule is COc1cc(N(C(C)=O)c2ccc(C(CC(=O)O)NS(=O)(=O)c3cccnc3)cc2)ccc1NC(=O)Nc1ccccc1C. The summed E-state index contributed by atoms with van der Waals surface area (Å²) in [6.07, 6.45) is 2.08. The van der Waals surface area contributed by atoms with Crippen molar-refractivity contribution in [1.29, 1.82) is 0 Å². The molecule has 3 aromatic carbocycles. The van der Waals surface area contributed by atoms with Gasteiger partial charge in [-0.25, -0.2) is 17.9 Å². The standard InChI is InChI=1S/C31H31N5O7S/c1-20-7-4-5-9-26(20)33-31(40)34-27-15-14-24(17-29(27)43-3)36(21(2)37)23-12-10-22(11-13-23)28(18-30(38)39)35-44(41,42)25-8-6-16-32-19-25/h4-17,19,28,35H,18H2,1-3H3,(H,38,39)(H2,33,34,40). The van der Waals surface area contributed by atoms with Gasteiger partial charge < -0.3 is 20.5 Å². The Morgan fingerprint density at radius 1 is 0.932 bits per heavy atom. The summed E-state index contributed by atoms with van der Waals surface area (Å²) in [6.45, 7) is 3.25. The molecule has 0 aliphatic carbocycles. The highest BCUT2D eigenvalue weighted by atomic mass is 32.2. The fourth-order valence-corrected chi connectivity index (χ4v) is 5.63. The van der Waals surface area contributed by atoms with Crippen molar-refractivity contribution in [2.24, 2.45) is 0 Å². The maximum atomic E-state index is 12.9. The number of aryl methyl sites for hydroxylation is 1. The van der Waals surface area contributed by atoms with E-state index in [2.05, 4.69) is 20.3 Å². The molecule has 1 unspecified atom stereocenters. The van der Waals surface area contributed by atoms with Crippen molar-refractivity contribution in [2.45, 2.75) is 31.2 Å². The summed E-state index contributed by atoms with van der Waals surface area (Å²) in [4.78, 5) is 42.1. The van der Waals surface area contributed by atoms with E-state index in [0.717, 1.165) is 5.56 Å². The Kier molecular flexibility index (Phi) is 9.93. The van der Waals surface area contributed by atoms with Gasteiger partial charge in [-0.2, -0.15) is 0 Å². The van der Waals surface area contributed by atoms with Crippen LogP contribution in [0.3, 0.4) is 0 Å². The first kappa shape index (κ1) is 31.7. The Morgan fingerprint density at radius 2 is 1.61 bits per heavy atom. The fraction of sp³-hybridized carbons (Fsp3) is 0.161. The van der Waals surface area contributed by atoms with Gasteiger partial charge in [0.25, 0.3) is 0 Å². The number of carbonyl (C=O) groups is 3. The number of carboxylic acid groups (broad SMARTS) is 1. The zero-order chi connectivity index (χ0) is 31.9. The molecule has 13 heteroatoms. The van der Waals surface area contributed by atoms with Crippen molar-refractivity contribution in [3.8, 4) is 5.75 Å². The summed E-state index contributed by atoms with van der Waals surface area (Å²) < 4.78 is 33.7. The van der Waals surface area contributed by atoms with Crippen LogP contribution in [0.4, 0.5) is 27.5 Å². The topological polar surface area (TPSA) is 167 Å². The molecule has 12 nitrogen and oxygen atoms in total. The maximum absolute atomic E-state index is 12.9. The second-order valence-electron chi connectivity index (χ2n) is 9.69. The van der Waals surface area contributed by atoms with E-state index in [4.69, 9.17) is 4.74 Å². The van der Waals surface area contributed by atoms with E-state index < -0.39 is 34.5 Å². The number of nitrogens with one attached hydrogen (secondary N) is 3. The highest BCUT2D eigenvalue weighted by molar-refractivity contribution is 7.89. The third-order valence-corrected chi connectivity index (χ3v) is 8.03. The average molecular weight is 618 g/mol. The van der Waals surface area contributed by atoms with Gasteiger partial charge in [0.15, 0.2) is 0 Å². The van der Waals surface area contributed by atoms with Crippen molar-refractivity contribution in [3.05, 3.63) is 102 Å². The average Bonchev–Trinajstić information content (AvgIpc) is 2.99. The predicted molar refractivity (Wildman–Crippen MR) is 166 cm³/mol. The lowest BCUT2D eigenvalue weighted by Gasteiger charge is -2.24. The number of para-hydroxylation sites is 1. The minimum Gasteiger partial charge on any atom is -0.494 e. The molecule has 4 aromatic rings. The number of hydrogen-bond donors (Lipinski definition) is 4. The van der Waals surface area contributed by atoms with Gasteiger partial charge in [0, 0.05) is 36.8 Å². The van der Waals surface area contributed by atoms with E-state index >= 15 is 0 Å². The molecular formula is C31H31N5O7S. The maximum Gasteiger partial charge on any atom is 0.323 e. The second kappa shape index (κ2) is 13.8. The van der Waals surface area contributed by atoms with E-state index in [1.54, 1.807) is 48.5 Å². The van der Waals surface area contributed by atoms with Crippen molar-refractivity contribution >= 4 is 50.7 Å². The Labute approximate surface area is 254 Å². The molecule has 4 N–H and O–H groups in total. The van der Waals surface area contributed by atoms with Gasteiger partial charge >= 0.3 is 12.0 Å². The zero-order valence-corrected chi connectivity index (χ0v) is 25.0. The summed E-state index contributed by atoms with van der Waals surface area (Å²) in [5.74, 6) is -1.24. The monoisotopic (exact) mass is 617 g/mol. The number of nitrogens with zero attached hydrogens (tertiary/aromatic N) is 2. The molecule has 0 saturated carbocycles. The first-order valence-corrected chi connectivity index (χ1v) is 14.8. The zero-order valence-electron chi connectivity index (χ0n) is 24.1. The number of carbonyl (C=O) groups excluding carboxylic acids is 2. The minimum absolute atomic E-state index is 0.102. The number of amides is 3. The van der Waals surface area contributed by atoms with E-state index in [0.29, 0.717) is 34.1 Å². The van der Waals surface area contributed by atoms with E-state index in [1.165, 1.54) is 43.5 Å². The van der Waals surface area contributed by atoms with Crippen molar-refractivity contribution in [3.63, 3.8) is 0 Å². The number of sulfonamides is 1. The second-order valence-corrected chi connectivity index (χ2v) is 11.4. The Morgan fingerprint density at radius 3 is 2.23 bits per heavy atom. The molecule has 4 rings (SSSR count). The fourth-order valence-electron chi connectivity index (χ4n) is 4.44. The number of rotatable bonds is 11. The van der Waals surface area contributed by atoms with Gasteiger partial charge in [-0.3, -0.25) is 19.5 Å². The van der Waals surface area contributed by atoms with Crippen molar-refractivity contribution in [2.75, 3.05) is 22.6 Å². The number of aromatic nitrogens is 1. The molecule has 1 heterocycles. The van der Waals surface area contributed by atoms with Crippen LogP contribution in [-0.4, -0.2) is 43.5 Å². The predicted octanol–water partition coefficient (Wildman–Crippen LogP) is 5.22. The van der Waals surface area contributed by atoms with Crippen LogP contribution in [0, 0.1) is 6.92 Å². The normalized spacial score (nSPS) is 11.7. The number of benzene rings is 3. The van der Waals surface area contributed by atoms with Crippen LogP contribution in [0.15, 0.2) is 96.2 Å². The highest BCUT2D eigenvalue weighted by Gasteiger charge is 2.25. The van der Waals surface area contributed by atoms with Gasteiger partial charge in [0.05, 0.1) is 30.9 Å². The van der Waals surface area contributed by atoms with Crippen LogP contribution in [0.5, 0.6) is 5.75 Å². The molecule has 0 saturated heterocycles. The summed E-state index contributed by atoms with van der Waals surface area (Å²) >= 11 is 0. The molecule has 0 radical (unpaired) electrons. The third-order valence-electron chi connectivity index (χ3n) is 6.57. The van der Waals surface area contributed by atoms with Crippen LogP contribution in [0.1, 0.15) is 30.5 Å². The molecule has 0 aliphatic rings. The van der Waals surface area contributed by atoms with Crippen molar-refractivity contribution in [1.82, 2.24) is 9.71 Å². The van der Waals surface area contributed by atoms with Crippen molar-refractivity contribution < 1.29 is 32.6 Å². The number of pyridine rings is 1. The van der Waals surface area contributed by atoms with E-state index in [-0.39, 0.29) is 10.8 Å². The number of carboxylic acids is 1. The molecule has 0 aliphatic heterocycles. The van der Waals surface area contributed by atoms with Crippen LogP contribution < -0.4 is 25.0 Å². The number of urea groups is 1. The van der Waals surface area contributed by atoms with E-state index in [9.17, 15) is 27.9 Å². The number of hydrogen-bond acceptors (Lipinski definition) is 7. The lowest BCUT2D eigenvalue weighted by molar-refractivity contribution is -0.137. The lowest BCUT2D eigenvalue weighted by atomic mass is 10.0. The number of ether oxygens (including phenoxy) is 1. The smallest absolute Gasteiger partial charge is 0.323 e. The van der Waals surface area contributed by atoms with Crippen LogP contribution in [0.2, 0.25) is 0 Å².